The lowest BCUT2D eigenvalue weighted by atomic mass is 9.99. The van der Waals surface area contributed by atoms with Crippen molar-refractivity contribution in [2.24, 2.45) is 0 Å². The number of benzene rings is 13. The average Bonchev–Trinajstić information content (AvgIpc) is 1.07. The van der Waals surface area contributed by atoms with E-state index in [0.717, 1.165) is 0 Å². The van der Waals surface area contributed by atoms with Crippen LogP contribution in [0.25, 0.3) is 55.6 Å². The van der Waals surface area contributed by atoms with E-state index in [1.54, 1.807) is 0 Å². The number of rotatable bonds is 5. The van der Waals surface area contributed by atoms with Gasteiger partial charge in [0.25, 0.3) is 0 Å². The molecule has 0 aliphatic carbocycles. The predicted octanol–water partition coefficient (Wildman–Crippen LogP) is 26.8. The normalized spacial score (nSPS) is 9.91. The van der Waals surface area contributed by atoms with Crippen molar-refractivity contribution in [3.63, 3.8) is 0 Å². The second kappa shape index (κ2) is 38.6. The maximum atomic E-state index is 2.22. The molecule has 0 heterocycles. The largest absolute Gasteiger partial charge is 0.0620 e. The Labute approximate surface area is 567 Å². The van der Waals surface area contributed by atoms with Crippen LogP contribution in [0, 0.1) is 111 Å². The zero-order chi connectivity index (χ0) is 67.8. The fourth-order valence-corrected chi connectivity index (χ4v) is 10.2. The van der Waals surface area contributed by atoms with Crippen molar-refractivity contribution >= 4 is 0 Å². The molecule has 0 unspecified atom stereocenters. The summed E-state index contributed by atoms with van der Waals surface area (Å²) in [5.74, 6) is 0. The van der Waals surface area contributed by atoms with Crippen molar-refractivity contribution < 1.29 is 0 Å². The highest BCUT2D eigenvalue weighted by Gasteiger charge is 2.03. The molecule has 0 atom stereocenters. The molecule has 0 amide bonds. The molecule has 476 valence electrons. The minimum Gasteiger partial charge on any atom is -0.0620 e. The summed E-state index contributed by atoms with van der Waals surface area (Å²) in [5, 5.41) is 0. The van der Waals surface area contributed by atoms with E-state index in [1.807, 2.05) is 0 Å². The topological polar surface area (TPSA) is 0 Å². The summed E-state index contributed by atoms with van der Waals surface area (Å²) in [6.07, 6.45) is 0. The van der Waals surface area contributed by atoms with Crippen LogP contribution in [0.3, 0.4) is 0 Å². The molecular formula is C94H100. The van der Waals surface area contributed by atoms with E-state index in [2.05, 4.69) is 426 Å². The quantitative estimate of drug-likeness (QED) is 0.161. The van der Waals surface area contributed by atoms with Crippen LogP contribution in [0.15, 0.2) is 315 Å². The van der Waals surface area contributed by atoms with Crippen molar-refractivity contribution in [3.05, 3.63) is 404 Å². The number of aryl methyl sites for hydroxylation is 16. The summed E-state index contributed by atoms with van der Waals surface area (Å²) >= 11 is 0. The Morgan fingerprint density at radius 1 is 0.117 bits per heavy atom. The molecule has 0 spiro atoms. The van der Waals surface area contributed by atoms with Gasteiger partial charge in [-0.3, -0.25) is 0 Å². The van der Waals surface area contributed by atoms with Crippen LogP contribution in [0.4, 0.5) is 0 Å². The maximum absolute atomic E-state index is 2.22. The van der Waals surface area contributed by atoms with Crippen molar-refractivity contribution in [1.82, 2.24) is 0 Å². The molecule has 0 fully saturated rings. The van der Waals surface area contributed by atoms with Gasteiger partial charge in [-0.05, 0) is 189 Å². The first-order valence-electron chi connectivity index (χ1n) is 32.9. The maximum Gasteiger partial charge on any atom is -0.0155 e. The first kappa shape index (κ1) is 72.9. The molecular weight excluding hydrogens is 1130 g/mol. The summed E-state index contributed by atoms with van der Waals surface area (Å²) in [5.41, 5.74) is 34.2. The van der Waals surface area contributed by atoms with Gasteiger partial charge in [-0.2, -0.15) is 0 Å². The Hall–Kier alpha value is -10.1. The van der Waals surface area contributed by atoms with Crippen molar-refractivity contribution in [2.45, 2.75) is 111 Å². The molecule has 0 saturated carbocycles. The molecule has 0 aliphatic rings. The molecule has 13 aromatic rings. The Balaban J connectivity index is 0.000000172. The van der Waals surface area contributed by atoms with Gasteiger partial charge in [0.2, 0.25) is 0 Å². The van der Waals surface area contributed by atoms with Gasteiger partial charge >= 0.3 is 0 Å². The van der Waals surface area contributed by atoms with E-state index in [0.29, 0.717) is 0 Å². The molecule has 13 aromatic carbocycles. The lowest BCUT2D eigenvalue weighted by Gasteiger charge is -2.05. The van der Waals surface area contributed by atoms with Gasteiger partial charge in [0.15, 0.2) is 0 Å². The van der Waals surface area contributed by atoms with Gasteiger partial charge in [-0.1, -0.05) is 382 Å². The van der Waals surface area contributed by atoms with Crippen LogP contribution in [-0.2, 0) is 0 Å². The zero-order valence-electron chi connectivity index (χ0n) is 59.0. The summed E-state index contributed by atoms with van der Waals surface area (Å²) in [6.45, 7) is 33.9. The molecule has 0 radical (unpaired) electrons. The van der Waals surface area contributed by atoms with Gasteiger partial charge in [0.1, 0.15) is 0 Å². The third kappa shape index (κ3) is 26.2. The van der Waals surface area contributed by atoms with Crippen molar-refractivity contribution in [2.75, 3.05) is 0 Å². The molecule has 0 N–H and O–H groups in total. The first-order valence-corrected chi connectivity index (χ1v) is 32.9. The molecule has 0 aliphatic heterocycles. The molecule has 0 heteroatoms. The van der Waals surface area contributed by atoms with E-state index < -0.39 is 0 Å². The third-order valence-corrected chi connectivity index (χ3v) is 16.0. The molecule has 0 nitrogen and oxygen atoms in total. The van der Waals surface area contributed by atoms with E-state index in [4.69, 9.17) is 0 Å². The second-order valence-electron chi connectivity index (χ2n) is 25.0. The molecule has 0 aromatic heterocycles. The van der Waals surface area contributed by atoms with Crippen LogP contribution in [-0.4, -0.2) is 0 Å². The molecule has 94 heavy (non-hydrogen) atoms. The molecule has 13 rings (SSSR count). The first-order chi connectivity index (χ1) is 45.2. The van der Waals surface area contributed by atoms with E-state index in [-0.39, 0.29) is 0 Å². The SMILES string of the molecule is Cc1ccc(-c2ccc(C)cc2)cc1.Cc1ccc(-c2cccc(C)c2)cc1.Cc1ccc(-c2ccccc2C)cc1.Cc1ccc(C)cc1.Cc1cccc(-c2cccc(C)c2)c1.Cc1cccc(-c2ccccc2C)c1.Cc1cccc(C)c1.Cc1ccccc1C. The monoisotopic (exact) mass is 1230 g/mol. The van der Waals surface area contributed by atoms with Crippen LogP contribution >= 0.6 is 0 Å². The second-order valence-corrected chi connectivity index (χ2v) is 25.0. The average molecular weight is 1230 g/mol. The molecule has 0 bridgehead atoms. The van der Waals surface area contributed by atoms with Crippen molar-refractivity contribution in [1.29, 1.82) is 0 Å². The fraction of sp³-hybridized carbons (Fsp3) is 0.170. The van der Waals surface area contributed by atoms with Gasteiger partial charge in [-0.15, -0.1) is 0 Å². The third-order valence-electron chi connectivity index (χ3n) is 16.0. The highest BCUT2D eigenvalue weighted by atomic mass is 14.1. The smallest absolute Gasteiger partial charge is 0.0155 e. The van der Waals surface area contributed by atoms with E-state index in [1.165, 1.54) is 145 Å². The Kier molecular flexibility index (Phi) is 30.0. The standard InChI is InChI=1S/5C14H14.3C8H10/c1-11-3-7-13(8-4-11)14-9-5-12(2)6-10-14;1-11-5-3-7-13(9-11)14-8-4-6-12(2)10-14;1-11-6-5-8-13(10-11)14-9-4-3-7-12(14)2;1-11-6-8-13(9-7-11)14-5-3-4-12(2)10-14;1-11-7-9-13(10-8-11)14-6-4-3-5-12(14)2;1-7-3-5-8(2)6-4-7;1-7-4-3-5-8(2)6-7;1-7-5-3-4-6-8(7)2/h5*3-10H,1-2H3;3*3-6H,1-2H3. The lowest BCUT2D eigenvalue weighted by molar-refractivity contribution is 1.34. The van der Waals surface area contributed by atoms with Crippen molar-refractivity contribution in [3.8, 4) is 55.6 Å². The zero-order valence-corrected chi connectivity index (χ0v) is 59.0. The number of hydrogen-bond donors (Lipinski definition) is 0. The predicted molar refractivity (Wildman–Crippen MR) is 415 cm³/mol. The fourth-order valence-electron chi connectivity index (χ4n) is 10.2. The highest BCUT2D eigenvalue weighted by Crippen LogP contribution is 2.26. The van der Waals surface area contributed by atoms with Gasteiger partial charge < -0.3 is 0 Å². The number of hydrogen-bond acceptors (Lipinski definition) is 0. The van der Waals surface area contributed by atoms with E-state index in [9.17, 15) is 0 Å². The van der Waals surface area contributed by atoms with Gasteiger partial charge in [-0.25, -0.2) is 0 Å². The van der Waals surface area contributed by atoms with Crippen LogP contribution in [0.2, 0.25) is 0 Å². The minimum atomic E-state index is 1.29. The Morgan fingerprint density at radius 2 is 0.319 bits per heavy atom. The Morgan fingerprint density at radius 3 is 0.585 bits per heavy atom. The minimum absolute atomic E-state index is 1.29. The summed E-state index contributed by atoms with van der Waals surface area (Å²) in [7, 11) is 0. The van der Waals surface area contributed by atoms with Gasteiger partial charge in [0.05, 0.1) is 0 Å². The van der Waals surface area contributed by atoms with Crippen LogP contribution in [0.5, 0.6) is 0 Å². The van der Waals surface area contributed by atoms with E-state index >= 15 is 0 Å². The summed E-state index contributed by atoms with van der Waals surface area (Å²) < 4.78 is 0. The Bertz CT molecular complexity index is 4160. The van der Waals surface area contributed by atoms with Crippen LogP contribution in [0.1, 0.15) is 89.0 Å². The molecule has 0 saturated heterocycles. The van der Waals surface area contributed by atoms with Crippen LogP contribution < -0.4 is 0 Å². The summed E-state index contributed by atoms with van der Waals surface area (Å²) in [6, 6.07) is 111. The summed E-state index contributed by atoms with van der Waals surface area (Å²) in [4.78, 5) is 0. The van der Waals surface area contributed by atoms with Gasteiger partial charge in [0, 0.05) is 0 Å². The lowest BCUT2D eigenvalue weighted by Crippen LogP contribution is -1.82. The highest BCUT2D eigenvalue weighted by molar-refractivity contribution is 5.69.